The molecule has 1 aromatic rings. The van der Waals surface area contributed by atoms with Gasteiger partial charge in [-0.3, -0.25) is 0 Å². The predicted octanol–water partition coefficient (Wildman–Crippen LogP) is 1.78. The van der Waals surface area contributed by atoms with E-state index >= 15 is 0 Å². The summed E-state index contributed by atoms with van der Waals surface area (Å²) in [6.45, 7) is 0.777. The molecule has 0 aromatic carbocycles. The van der Waals surface area contributed by atoms with Crippen molar-refractivity contribution in [2.45, 2.75) is 6.42 Å². The summed E-state index contributed by atoms with van der Waals surface area (Å²) in [5, 5.41) is 0. The molecule has 1 aliphatic rings. The first kappa shape index (κ1) is 6.16. The van der Waals surface area contributed by atoms with Crippen LogP contribution in [0.4, 0.5) is 0 Å². The van der Waals surface area contributed by atoms with E-state index in [1.54, 1.807) is 6.20 Å². The Morgan fingerprint density at radius 1 is 1.60 bits per heavy atom. The van der Waals surface area contributed by atoms with E-state index in [-0.39, 0.29) is 0 Å². The van der Waals surface area contributed by atoms with E-state index in [0.29, 0.717) is 0 Å². The van der Waals surface area contributed by atoms with E-state index in [0.717, 1.165) is 23.4 Å². The van der Waals surface area contributed by atoms with Crippen LogP contribution in [0.25, 0.3) is 0 Å². The molecule has 3 heteroatoms. The van der Waals surface area contributed by atoms with Gasteiger partial charge in [0, 0.05) is 22.7 Å². The molecule has 1 aliphatic heterocycles. The third-order valence-corrected chi connectivity index (χ3v) is 1.94. The number of fused-ring (bicyclic) bond motifs is 1. The maximum Gasteiger partial charge on any atom is 0.216 e. The maximum atomic E-state index is 5.22. The minimum Gasteiger partial charge on any atom is -0.477 e. The second-order valence-corrected chi connectivity index (χ2v) is 3.13. The van der Waals surface area contributed by atoms with Crippen molar-refractivity contribution in [2.75, 3.05) is 6.61 Å². The highest BCUT2D eigenvalue weighted by Gasteiger charge is 2.12. The number of pyridine rings is 1. The normalized spacial score (nSPS) is 14.5. The lowest BCUT2D eigenvalue weighted by molar-refractivity contribution is 0.345. The Balaban J connectivity index is 2.52. The lowest BCUT2D eigenvalue weighted by atomic mass is 10.2. The molecule has 1 aromatic heterocycles. The molecule has 0 saturated heterocycles. The largest absolute Gasteiger partial charge is 0.477 e. The van der Waals surface area contributed by atoms with Gasteiger partial charge in [-0.15, -0.1) is 0 Å². The van der Waals surface area contributed by atoms with Crippen molar-refractivity contribution in [3.8, 4) is 5.88 Å². The summed E-state index contributed by atoms with van der Waals surface area (Å²) >= 11 is 3.35. The van der Waals surface area contributed by atoms with Gasteiger partial charge in [0.15, 0.2) is 0 Å². The highest BCUT2D eigenvalue weighted by Crippen LogP contribution is 2.24. The van der Waals surface area contributed by atoms with Crippen LogP contribution in [0.3, 0.4) is 0 Å². The van der Waals surface area contributed by atoms with Crippen molar-refractivity contribution in [1.82, 2.24) is 4.98 Å². The summed E-state index contributed by atoms with van der Waals surface area (Å²) in [6.07, 6.45) is 2.74. The number of rotatable bonds is 0. The van der Waals surface area contributed by atoms with Gasteiger partial charge in [-0.1, -0.05) is 0 Å². The standard InChI is InChI=1S/C7H6BrNO/c8-6-3-5-1-2-10-7(5)9-4-6/h3-4H,1-2H2. The first-order valence-corrected chi connectivity index (χ1v) is 3.93. The van der Waals surface area contributed by atoms with E-state index < -0.39 is 0 Å². The molecule has 0 fully saturated rings. The SMILES string of the molecule is Brc1cnc2c(c1)CCO2. The van der Waals surface area contributed by atoms with Gasteiger partial charge >= 0.3 is 0 Å². The predicted molar refractivity (Wildman–Crippen MR) is 41.1 cm³/mol. The van der Waals surface area contributed by atoms with Crippen LogP contribution in [0.1, 0.15) is 5.56 Å². The zero-order valence-corrected chi connectivity index (χ0v) is 6.89. The van der Waals surface area contributed by atoms with Gasteiger partial charge in [-0.05, 0) is 22.0 Å². The van der Waals surface area contributed by atoms with E-state index in [1.165, 1.54) is 5.56 Å². The van der Waals surface area contributed by atoms with Crippen LogP contribution in [0.15, 0.2) is 16.7 Å². The van der Waals surface area contributed by atoms with Gasteiger partial charge < -0.3 is 4.74 Å². The number of halogens is 1. The minimum absolute atomic E-state index is 0.777. The Bertz CT molecular complexity index is 262. The van der Waals surface area contributed by atoms with Crippen molar-refractivity contribution in [3.05, 3.63) is 22.3 Å². The van der Waals surface area contributed by atoms with Crippen molar-refractivity contribution in [2.24, 2.45) is 0 Å². The number of aromatic nitrogens is 1. The van der Waals surface area contributed by atoms with E-state index in [1.807, 2.05) is 0 Å². The third-order valence-electron chi connectivity index (χ3n) is 1.50. The average Bonchev–Trinajstić information content (AvgIpc) is 2.33. The summed E-state index contributed by atoms with van der Waals surface area (Å²) in [5.74, 6) is 0.795. The Morgan fingerprint density at radius 3 is 3.40 bits per heavy atom. The summed E-state index contributed by atoms with van der Waals surface area (Å²) in [7, 11) is 0. The van der Waals surface area contributed by atoms with Crippen LogP contribution in [-0.4, -0.2) is 11.6 Å². The monoisotopic (exact) mass is 199 g/mol. The highest BCUT2D eigenvalue weighted by molar-refractivity contribution is 9.10. The summed E-state index contributed by atoms with van der Waals surface area (Å²) < 4.78 is 6.25. The fourth-order valence-electron chi connectivity index (χ4n) is 1.04. The van der Waals surface area contributed by atoms with Crippen molar-refractivity contribution >= 4 is 15.9 Å². The molecule has 0 N–H and O–H groups in total. The summed E-state index contributed by atoms with van der Waals surface area (Å²) in [4.78, 5) is 4.09. The fourth-order valence-corrected chi connectivity index (χ4v) is 1.41. The van der Waals surface area contributed by atoms with E-state index in [2.05, 4.69) is 27.0 Å². The topological polar surface area (TPSA) is 22.1 Å². The zero-order valence-electron chi connectivity index (χ0n) is 5.30. The summed E-state index contributed by atoms with van der Waals surface area (Å²) in [6, 6.07) is 2.05. The number of hydrogen-bond donors (Lipinski definition) is 0. The first-order chi connectivity index (χ1) is 4.86. The smallest absolute Gasteiger partial charge is 0.216 e. The number of nitrogens with zero attached hydrogens (tertiary/aromatic N) is 1. The molecule has 2 heterocycles. The third kappa shape index (κ3) is 0.904. The molecule has 0 radical (unpaired) electrons. The van der Waals surface area contributed by atoms with Crippen LogP contribution in [0.5, 0.6) is 5.88 Å². The van der Waals surface area contributed by atoms with Crippen LogP contribution in [0, 0.1) is 0 Å². The van der Waals surface area contributed by atoms with E-state index in [9.17, 15) is 0 Å². The van der Waals surface area contributed by atoms with Crippen molar-refractivity contribution in [3.63, 3.8) is 0 Å². The Morgan fingerprint density at radius 2 is 2.50 bits per heavy atom. The van der Waals surface area contributed by atoms with Crippen LogP contribution >= 0.6 is 15.9 Å². The minimum atomic E-state index is 0.777. The fraction of sp³-hybridized carbons (Fsp3) is 0.286. The Labute approximate surface area is 67.4 Å². The Kier molecular flexibility index (Phi) is 1.38. The van der Waals surface area contributed by atoms with Gasteiger partial charge in [0.2, 0.25) is 5.88 Å². The van der Waals surface area contributed by atoms with Gasteiger partial charge in [-0.2, -0.15) is 0 Å². The molecule has 10 heavy (non-hydrogen) atoms. The molecular formula is C7H6BrNO. The average molecular weight is 200 g/mol. The van der Waals surface area contributed by atoms with Crippen molar-refractivity contribution < 1.29 is 4.74 Å². The highest BCUT2D eigenvalue weighted by atomic mass is 79.9. The van der Waals surface area contributed by atoms with Crippen molar-refractivity contribution in [1.29, 1.82) is 0 Å². The lowest BCUT2D eigenvalue weighted by Crippen LogP contribution is -1.87. The molecule has 0 amide bonds. The second kappa shape index (κ2) is 2.23. The first-order valence-electron chi connectivity index (χ1n) is 3.13. The molecule has 2 rings (SSSR count). The molecule has 0 spiro atoms. The molecule has 2 nitrogen and oxygen atoms in total. The van der Waals surface area contributed by atoms with Crippen LogP contribution in [0.2, 0.25) is 0 Å². The molecule has 0 unspecified atom stereocenters. The second-order valence-electron chi connectivity index (χ2n) is 2.22. The number of ether oxygens (including phenoxy) is 1. The van der Waals surface area contributed by atoms with Gasteiger partial charge in [-0.25, -0.2) is 4.98 Å². The quantitative estimate of drug-likeness (QED) is 0.636. The Hall–Kier alpha value is -0.570. The summed E-state index contributed by atoms with van der Waals surface area (Å²) in [5.41, 5.74) is 1.20. The molecular weight excluding hydrogens is 194 g/mol. The van der Waals surface area contributed by atoms with Crippen LogP contribution in [-0.2, 0) is 6.42 Å². The maximum absolute atomic E-state index is 5.22. The van der Waals surface area contributed by atoms with Gasteiger partial charge in [0.1, 0.15) is 0 Å². The molecule has 0 aliphatic carbocycles. The lowest BCUT2D eigenvalue weighted by Gasteiger charge is -1.95. The zero-order chi connectivity index (χ0) is 6.97. The molecule has 52 valence electrons. The van der Waals surface area contributed by atoms with Gasteiger partial charge in [0.25, 0.3) is 0 Å². The van der Waals surface area contributed by atoms with E-state index in [4.69, 9.17) is 4.74 Å². The van der Waals surface area contributed by atoms with Crippen LogP contribution < -0.4 is 4.74 Å². The number of hydrogen-bond acceptors (Lipinski definition) is 2. The molecule has 0 atom stereocenters. The van der Waals surface area contributed by atoms with Gasteiger partial charge in [0.05, 0.1) is 6.61 Å². The molecule has 0 bridgehead atoms. The molecule has 0 saturated carbocycles.